The number of hydrogen-bond acceptors (Lipinski definition) is 6. The van der Waals surface area contributed by atoms with Crippen molar-refractivity contribution in [2.75, 3.05) is 27.3 Å². The van der Waals surface area contributed by atoms with Gasteiger partial charge in [-0.05, 0) is 30.9 Å². The standard InChI is InChI=1S/C25H26N2O6/c1-14-18(25(30)33-21-9-17(31-2)8-20(32-3)24(14)21)10-23(29)26-11-15-7-16(13-26)19-5-4-6-22(28)27(19)12-15/h4-6,8-9,15-16H,7,10-13H2,1-3H3/t15-,16+/m0/s1. The number of aromatic nitrogens is 1. The van der Waals surface area contributed by atoms with Gasteiger partial charge in [-0.2, -0.15) is 0 Å². The van der Waals surface area contributed by atoms with E-state index in [1.54, 1.807) is 31.4 Å². The summed E-state index contributed by atoms with van der Waals surface area (Å²) in [6.07, 6.45) is 0.920. The molecule has 0 N–H and O–H groups in total. The Morgan fingerprint density at radius 3 is 2.70 bits per heavy atom. The van der Waals surface area contributed by atoms with Gasteiger partial charge in [-0.1, -0.05) is 6.07 Å². The van der Waals surface area contributed by atoms with Crippen LogP contribution >= 0.6 is 0 Å². The Kier molecular flexibility index (Phi) is 5.23. The number of piperidine rings is 1. The molecule has 2 aliphatic rings. The first-order chi connectivity index (χ1) is 15.9. The highest BCUT2D eigenvalue weighted by atomic mass is 16.5. The molecule has 2 bridgehead atoms. The van der Waals surface area contributed by atoms with Gasteiger partial charge in [0.05, 0.1) is 31.6 Å². The van der Waals surface area contributed by atoms with E-state index in [0.29, 0.717) is 53.2 Å². The van der Waals surface area contributed by atoms with Gasteiger partial charge in [-0.25, -0.2) is 4.79 Å². The van der Waals surface area contributed by atoms with Gasteiger partial charge in [0.25, 0.3) is 5.56 Å². The number of amides is 1. The van der Waals surface area contributed by atoms with Crippen LogP contribution in [0, 0.1) is 12.8 Å². The number of fused-ring (bicyclic) bond motifs is 5. The number of carbonyl (C=O) groups excluding carboxylic acids is 1. The Morgan fingerprint density at radius 2 is 1.94 bits per heavy atom. The van der Waals surface area contributed by atoms with E-state index in [2.05, 4.69) is 0 Å². The second-order valence-electron chi connectivity index (χ2n) is 8.87. The number of benzene rings is 1. The van der Waals surface area contributed by atoms with Crippen molar-refractivity contribution in [3.63, 3.8) is 0 Å². The maximum Gasteiger partial charge on any atom is 0.340 e. The fourth-order valence-corrected chi connectivity index (χ4v) is 5.33. The number of aryl methyl sites for hydroxylation is 1. The molecule has 0 spiro atoms. The Hall–Kier alpha value is -3.55. The SMILES string of the molecule is COc1cc(OC)c2c(C)c(CC(=O)N3C[C@@H]4C[C@H](C3)c3cccc(=O)n3C4)c(=O)oc2c1. The van der Waals surface area contributed by atoms with E-state index < -0.39 is 5.63 Å². The van der Waals surface area contributed by atoms with Crippen molar-refractivity contribution in [1.29, 1.82) is 0 Å². The summed E-state index contributed by atoms with van der Waals surface area (Å²) in [5.74, 6) is 1.27. The molecular weight excluding hydrogens is 424 g/mol. The van der Waals surface area contributed by atoms with Gasteiger partial charge in [0, 0.05) is 49.4 Å². The molecule has 1 fully saturated rings. The van der Waals surface area contributed by atoms with Crippen LogP contribution in [0.5, 0.6) is 11.5 Å². The van der Waals surface area contributed by atoms with Crippen LogP contribution in [0.1, 0.15) is 29.2 Å². The van der Waals surface area contributed by atoms with Crippen molar-refractivity contribution < 1.29 is 18.7 Å². The van der Waals surface area contributed by atoms with Crippen molar-refractivity contribution in [3.8, 4) is 11.5 Å². The summed E-state index contributed by atoms with van der Waals surface area (Å²) in [6, 6.07) is 8.70. The first kappa shape index (κ1) is 21.3. The predicted molar refractivity (Wildman–Crippen MR) is 122 cm³/mol. The summed E-state index contributed by atoms with van der Waals surface area (Å²) in [5.41, 5.74) is 1.83. The number of hydrogen-bond donors (Lipinski definition) is 0. The van der Waals surface area contributed by atoms with E-state index in [4.69, 9.17) is 13.9 Å². The van der Waals surface area contributed by atoms with Crippen molar-refractivity contribution in [1.82, 2.24) is 9.47 Å². The molecule has 33 heavy (non-hydrogen) atoms. The lowest BCUT2D eigenvalue weighted by molar-refractivity contribution is -0.133. The zero-order valence-electron chi connectivity index (χ0n) is 18.9. The van der Waals surface area contributed by atoms with Crippen molar-refractivity contribution >= 4 is 16.9 Å². The van der Waals surface area contributed by atoms with Crippen LogP contribution in [0.3, 0.4) is 0 Å². The summed E-state index contributed by atoms with van der Waals surface area (Å²) < 4.78 is 18.2. The number of ether oxygens (including phenoxy) is 2. The van der Waals surface area contributed by atoms with Gasteiger partial charge >= 0.3 is 5.63 Å². The maximum absolute atomic E-state index is 13.3. The molecule has 0 unspecified atom stereocenters. The number of carbonyl (C=O) groups is 1. The Bertz CT molecular complexity index is 1370. The molecule has 2 aliphatic heterocycles. The molecule has 2 aromatic heterocycles. The molecule has 3 aromatic rings. The van der Waals surface area contributed by atoms with Gasteiger partial charge in [0.2, 0.25) is 5.91 Å². The van der Waals surface area contributed by atoms with E-state index in [1.165, 1.54) is 7.11 Å². The molecule has 8 nitrogen and oxygen atoms in total. The summed E-state index contributed by atoms with van der Waals surface area (Å²) >= 11 is 0. The number of pyridine rings is 1. The molecule has 2 atom stereocenters. The average molecular weight is 450 g/mol. The zero-order valence-corrected chi connectivity index (χ0v) is 18.9. The third kappa shape index (κ3) is 3.59. The third-order valence-electron chi connectivity index (χ3n) is 6.93. The molecule has 5 rings (SSSR count). The van der Waals surface area contributed by atoms with Crippen LogP contribution in [0.2, 0.25) is 0 Å². The van der Waals surface area contributed by atoms with Gasteiger partial charge < -0.3 is 23.4 Å². The van der Waals surface area contributed by atoms with Crippen LogP contribution in [-0.2, 0) is 17.8 Å². The van der Waals surface area contributed by atoms with Gasteiger partial charge in [0.1, 0.15) is 17.1 Å². The van der Waals surface area contributed by atoms with Crippen LogP contribution in [0.4, 0.5) is 0 Å². The smallest absolute Gasteiger partial charge is 0.340 e. The molecule has 0 aliphatic carbocycles. The van der Waals surface area contributed by atoms with E-state index in [-0.39, 0.29) is 29.7 Å². The highest BCUT2D eigenvalue weighted by Crippen LogP contribution is 2.36. The number of nitrogens with zero attached hydrogens (tertiary/aromatic N) is 2. The first-order valence-electron chi connectivity index (χ1n) is 11.1. The lowest BCUT2D eigenvalue weighted by Crippen LogP contribution is -2.49. The molecular formula is C25H26N2O6. The van der Waals surface area contributed by atoms with Crippen molar-refractivity contribution in [2.24, 2.45) is 5.92 Å². The fraction of sp³-hybridized carbons (Fsp3) is 0.400. The summed E-state index contributed by atoms with van der Waals surface area (Å²) in [7, 11) is 3.07. The topological polar surface area (TPSA) is 91.0 Å². The maximum atomic E-state index is 13.3. The van der Waals surface area contributed by atoms with Crippen LogP contribution < -0.4 is 20.7 Å². The van der Waals surface area contributed by atoms with E-state index in [0.717, 1.165) is 12.1 Å². The van der Waals surface area contributed by atoms with Crippen molar-refractivity contribution in [2.45, 2.75) is 32.2 Å². The molecule has 1 saturated heterocycles. The number of rotatable bonds is 4. The number of likely N-dealkylation sites (tertiary alicyclic amines) is 1. The van der Waals surface area contributed by atoms with Crippen molar-refractivity contribution in [3.05, 3.63) is 67.9 Å². The van der Waals surface area contributed by atoms with E-state index >= 15 is 0 Å². The van der Waals surface area contributed by atoms with Gasteiger partial charge in [-0.3, -0.25) is 9.59 Å². The lowest BCUT2D eigenvalue weighted by Gasteiger charge is -2.42. The fourth-order valence-electron chi connectivity index (χ4n) is 5.33. The predicted octanol–water partition coefficient (Wildman–Crippen LogP) is 2.47. The third-order valence-corrected chi connectivity index (χ3v) is 6.93. The first-order valence-corrected chi connectivity index (χ1v) is 11.1. The Labute approximate surface area is 190 Å². The minimum Gasteiger partial charge on any atom is -0.496 e. The van der Waals surface area contributed by atoms with E-state index in [1.807, 2.05) is 22.5 Å². The highest BCUT2D eigenvalue weighted by Gasteiger charge is 2.36. The minimum absolute atomic E-state index is 0.0111. The minimum atomic E-state index is -0.530. The normalized spacial score (nSPS) is 19.3. The van der Waals surface area contributed by atoms with Crippen LogP contribution in [0.25, 0.3) is 11.0 Å². The summed E-state index contributed by atoms with van der Waals surface area (Å²) in [5, 5.41) is 0.657. The molecule has 4 heterocycles. The summed E-state index contributed by atoms with van der Waals surface area (Å²) in [6.45, 7) is 3.54. The largest absolute Gasteiger partial charge is 0.496 e. The Balaban J connectivity index is 1.45. The molecule has 1 aromatic carbocycles. The second kappa shape index (κ2) is 8.10. The molecule has 172 valence electrons. The van der Waals surface area contributed by atoms with Crippen LogP contribution in [0.15, 0.2) is 44.3 Å². The molecule has 0 radical (unpaired) electrons. The monoisotopic (exact) mass is 450 g/mol. The zero-order chi connectivity index (χ0) is 23.3. The average Bonchev–Trinajstić information content (AvgIpc) is 2.81. The second-order valence-corrected chi connectivity index (χ2v) is 8.87. The van der Waals surface area contributed by atoms with E-state index in [9.17, 15) is 14.4 Å². The van der Waals surface area contributed by atoms with Crippen LogP contribution in [-0.4, -0.2) is 42.7 Å². The quantitative estimate of drug-likeness (QED) is 0.567. The highest BCUT2D eigenvalue weighted by molar-refractivity contribution is 5.90. The van der Waals surface area contributed by atoms with Gasteiger partial charge in [-0.15, -0.1) is 0 Å². The molecule has 1 amide bonds. The molecule has 8 heteroatoms. The number of methoxy groups -OCH3 is 2. The lowest BCUT2D eigenvalue weighted by atomic mass is 9.83. The Morgan fingerprint density at radius 1 is 1.12 bits per heavy atom. The summed E-state index contributed by atoms with van der Waals surface area (Å²) in [4.78, 5) is 40.2. The molecule has 0 saturated carbocycles. The van der Waals surface area contributed by atoms with Gasteiger partial charge in [0.15, 0.2) is 0 Å².